The highest BCUT2D eigenvalue weighted by Gasteiger charge is 2.35. The number of hydrogen-bond acceptors (Lipinski definition) is 3. The minimum atomic E-state index is -3.53. The predicted molar refractivity (Wildman–Crippen MR) is 95.6 cm³/mol. The Labute approximate surface area is 148 Å². The lowest BCUT2D eigenvalue weighted by molar-refractivity contribution is 0.255. The van der Waals surface area contributed by atoms with E-state index >= 15 is 0 Å². The molecular weight excluding hydrogens is 344 g/mol. The Morgan fingerprint density at radius 2 is 1.79 bits per heavy atom. The van der Waals surface area contributed by atoms with Gasteiger partial charge in [-0.25, -0.2) is 13.4 Å². The van der Waals surface area contributed by atoms with Crippen molar-refractivity contribution >= 4 is 21.6 Å². The van der Waals surface area contributed by atoms with Gasteiger partial charge < -0.3 is 0 Å². The van der Waals surface area contributed by atoms with E-state index in [0.29, 0.717) is 16.6 Å². The van der Waals surface area contributed by atoms with Crippen molar-refractivity contribution in [2.75, 3.05) is 6.54 Å². The molecule has 1 saturated heterocycles. The van der Waals surface area contributed by atoms with E-state index in [4.69, 9.17) is 11.6 Å². The molecule has 0 saturated carbocycles. The second-order valence-corrected chi connectivity index (χ2v) is 8.53. The average Bonchev–Trinajstić information content (AvgIpc) is 2.55. The highest BCUT2D eigenvalue weighted by molar-refractivity contribution is 7.89. The van der Waals surface area contributed by atoms with Crippen LogP contribution in [0.4, 0.5) is 0 Å². The number of rotatable bonds is 3. The zero-order chi connectivity index (χ0) is 17.3. The van der Waals surface area contributed by atoms with Crippen molar-refractivity contribution < 1.29 is 8.42 Å². The van der Waals surface area contributed by atoms with Gasteiger partial charge in [0, 0.05) is 12.2 Å². The van der Waals surface area contributed by atoms with Crippen LogP contribution in [0.2, 0.25) is 5.15 Å². The molecule has 1 aliphatic rings. The fraction of sp³-hybridized carbons (Fsp3) is 0.389. The Bertz CT molecular complexity index is 835. The lowest BCUT2D eigenvalue weighted by atomic mass is 9.97. The summed E-state index contributed by atoms with van der Waals surface area (Å²) in [5.41, 5.74) is 2.77. The average molecular weight is 365 g/mol. The zero-order valence-corrected chi connectivity index (χ0v) is 15.4. The third-order valence-corrected chi connectivity index (χ3v) is 6.67. The van der Waals surface area contributed by atoms with Crippen molar-refractivity contribution in [3.8, 4) is 0 Å². The number of halogens is 1. The molecule has 24 heavy (non-hydrogen) atoms. The van der Waals surface area contributed by atoms with Crippen LogP contribution < -0.4 is 0 Å². The van der Waals surface area contributed by atoms with Gasteiger partial charge in [0.1, 0.15) is 5.15 Å². The number of pyridine rings is 1. The van der Waals surface area contributed by atoms with Crippen LogP contribution in [0.3, 0.4) is 0 Å². The molecule has 0 N–H and O–H groups in total. The van der Waals surface area contributed by atoms with E-state index in [1.807, 2.05) is 32.0 Å². The molecule has 1 aromatic carbocycles. The molecule has 3 rings (SSSR count). The number of nitrogens with zero attached hydrogens (tertiary/aromatic N) is 2. The van der Waals surface area contributed by atoms with E-state index in [1.54, 1.807) is 22.5 Å². The van der Waals surface area contributed by atoms with E-state index < -0.39 is 10.0 Å². The van der Waals surface area contributed by atoms with E-state index in [1.165, 1.54) is 0 Å². The maximum atomic E-state index is 13.1. The molecule has 0 unspecified atom stereocenters. The van der Waals surface area contributed by atoms with Crippen molar-refractivity contribution in [2.24, 2.45) is 0 Å². The molecule has 2 aromatic rings. The van der Waals surface area contributed by atoms with Crippen LogP contribution in [0.1, 0.15) is 42.1 Å². The molecule has 6 heteroatoms. The zero-order valence-electron chi connectivity index (χ0n) is 13.9. The molecule has 0 amide bonds. The summed E-state index contributed by atoms with van der Waals surface area (Å²) in [4.78, 5) is 4.64. The summed E-state index contributed by atoms with van der Waals surface area (Å²) in [7, 11) is -3.53. The first-order chi connectivity index (χ1) is 11.4. The maximum Gasteiger partial charge on any atom is 0.243 e. The van der Waals surface area contributed by atoms with Crippen LogP contribution >= 0.6 is 11.6 Å². The van der Waals surface area contributed by atoms with Crippen molar-refractivity contribution in [3.05, 3.63) is 58.4 Å². The van der Waals surface area contributed by atoms with Gasteiger partial charge in [-0.05, 0) is 50.5 Å². The van der Waals surface area contributed by atoms with E-state index in [2.05, 4.69) is 4.98 Å². The Kier molecular flexibility index (Phi) is 4.95. The molecule has 1 aliphatic heterocycles. The number of sulfonamides is 1. The Balaban J connectivity index is 2.01. The Hall–Kier alpha value is -1.43. The fourth-order valence-electron chi connectivity index (χ4n) is 3.24. The molecule has 0 radical (unpaired) electrons. The van der Waals surface area contributed by atoms with Crippen molar-refractivity contribution in [1.29, 1.82) is 0 Å². The molecule has 1 atom stereocenters. The molecule has 0 aliphatic carbocycles. The molecule has 0 spiro atoms. The van der Waals surface area contributed by atoms with E-state index in [-0.39, 0.29) is 6.04 Å². The molecule has 128 valence electrons. The van der Waals surface area contributed by atoms with Crippen LogP contribution in [0.15, 0.2) is 41.3 Å². The second kappa shape index (κ2) is 6.82. The minimum Gasteiger partial charge on any atom is -0.241 e. The topological polar surface area (TPSA) is 50.3 Å². The van der Waals surface area contributed by atoms with Crippen LogP contribution in [0.5, 0.6) is 0 Å². The summed E-state index contributed by atoms with van der Waals surface area (Å²) in [6.45, 7) is 4.36. The first-order valence-corrected chi connectivity index (χ1v) is 9.93. The third kappa shape index (κ3) is 3.34. The summed E-state index contributed by atoms with van der Waals surface area (Å²) in [6, 6.07) is 10.5. The predicted octanol–water partition coefficient (Wildman–Crippen LogP) is 4.27. The van der Waals surface area contributed by atoms with Gasteiger partial charge in [-0.3, -0.25) is 0 Å². The molecule has 1 aromatic heterocycles. The standard InChI is InChI=1S/C18H21ClN2O2S/c1-13-6-8-15(9-7-13)24(22,23)21-12-4-3-5-17(21)16-10-11-18(19)20-14(16)2/h6-11,17H,3-5,12H2,1-2H3/t17-/m0/s1. The summed E-state index contributed by atoms with van der Waals surface area (Å²) in [5, 5.41) is 0.431. The summed E-state index contributed by atoms with van der Waals surface area (Å²) in [6.07, 6.45) is 2.68. The van der Waals surface area contributed by atoms with Gasteiger partial charge in [0.05, 0.1) is 10.9 Å². The SMILES string of the molecule is Cc1ccc(S(=O)(=O)N2CCCC[C@H]2c2ccc(Cl)nc2C)cc1. The first kappa shape index (κ1) is 17.4. The number of piperidine rings is 1. The lowest BCUT2D eigenvalue weighted by Crippen LogP contribution is -2.38. The van der Waals surface area contributed by atoms with Gasteiger partial charge >= 0.3 is 0 Å². The molecule has 4 nitrogen and oxygen atoms in total. The maximum absolute atomic E-state index is 13.1. The molecule has 2 heterocycles. The summed E-state index contributed by atoms with van der Waals surface area (Å²) >= 11 is 5.95. The molecular formula is C18H21ClN2O2S. The monoisotopic (exact) mass is 364 g/mol. The summed E-state index contributed by atoms with van der Waals surface area (Å²) in [5.74, 6) is 0. The van der Waals surface area contributed by atoms with Crippen molar-refractivity contribution in [3.63, 3.8) is 0 Å². The Morgan fingerprint density at radius 1 is 1.08 bits per heavy atom. The van der Waals surface area contributed by atoms with Crippen molar-refractivity contribution in [1.82, 2.24) is 9.29 Å². The fourth-order valence-corrected chi connectivity index (χ4v) is 5.11. The van der Waals surface area contributed by atoms with Gasteiger partial charge in [-0.1, -0.05) is 41.8 Å². The van der Waals surface area contributed by atoms with Gasteiger partial charge in [0.2, 0.25) is 10.0 Å². The van der Waals surface area contributed by atoms with E-state index in [9.17, 15) is 8.42 Å². The third-order valence-electron chi connectivity index (χ3n) is 4.53. The van der Waals surface area contributed by atoms with Crippen molar-refractivity contribution in [2.45, 2.75) is 44.0 Å². The quantitative estimate of drug-likeness (QED) is 0.764. The van der Waals surface area contributed by atoms with Gasteiger partial charge in [-0.2, -0.15) is 4.31 Å². The van der Waals surface area contributed by atoms with Gasteiger partial charge in [0.15, 0.2) is 0 Å². The highest BCUT2D eigenvalue weighted by Crippen LogP contribution is 2.36. The van der Waals surface area contributed by atoms with Gasteiger partial charge in [0.25, 0.3) is 0 Å². The highest BCUT2D eigenvalue weighted by atomic mass is 35.5. The summed E-state index contributed by atoms with van der Waals surface area (Å²) < 4.78 is 27.9. The normalized spacial score (nSPS) is 19.4. The minimum absolute atomic E-state index is 0.185. The van der Waals surface area contributed by atoms with E-state index in [0.717, 1.165) is 36.1 Å². The van der Waals surface area contributed by atoms with Crippen LogP contribution in [-0.2, 0) is 10.0 Å². The Morgan fingerprint density at radius 3 is 2.46 bits per heavy atom. The molecule has 1 fully saturated rings. The largest absolute Gasteiger partial charge is 0.243 e. The van der Waals surface area contributed by atoms with Crippen LogP contribution in [-0.4, -0.2) is 24.3 Å². The number of aryl methyl sites for hydroxylation is 2. The number of hydrogen-bond donors (Lipinski definition) is 0. The van der Waals surface area contributed by atoms with Crippen LogP contribution in [0, 0.1) is 13.8 Å². The number of benzene rings is 1. The first-order valence-electron chi connectivity index (χ1n) is 8.11. The molecule has 0 bridgehead atoms. The second-order valence-electron chi connectivity index (χ2n) is 6.25. The van der Waals surface area contributed by atoms with Gasteiger partial charge in [-0.15, -0.1) is 0 Å². The smallest absolute Gasteiger partial charge is 0.241 e. The van der Waals surface area contributed by atoms with Crippen LogP contribution in [0.25, 0.3) is 0 Å². The number of aromatic nitrogens is 1. The lowest BCUT2D eigenvalue weighted by Gasteiger charge is -2.35.